The van der Waals surface area contributed by atoms with Crippen LogP contribution in [-0.2, 0) is 57.5 Å². The van der Waals surface area contributed by atoms with Crippen molar-refractivity contribution in [2.24, 2.45) is 35.5 Å². The van der Waals surface area contributed by atoms with Crippen LogP contribution in [0.15, 0.2) is 12.2 Å². The average Bonchev–Trinajstić information content (AvgIpc) is 0.987. The van der Waals surface area contributed by atoms with Crippen LogP contribution in [0, 0.1) is 46.8 Å². The van der Waals surface area contributed by atoms with E-state index in [9.17, 15) is 53.5 Å². The average molecular weight is 1260 g/mol. The molecule has 1 aliphatic rings. The van der Waals surface area contributed by atoms with E-state index in [0.717, 1.165) is 14.7 Å². The number of amides is 11. The third-order valence-corrected chi connectivity index (χ3v) is 16.6. The van der Waals surface area contributed by atoms with Crippen LogP contribution < -0.4 is 21.3 Å². The Kier molecular flexibility index (Phi) is 33.8. The van der Waals surface area contributed by atoms with Crippen LogP contribution in [0.2, 0.25) is 0 Å². The second-order valence-corrected chi connectivity index (χ2v) is 26.2. The summed E-state index contributed by atoms with van der Waals surface area (Å²) in [7, 11) is 9.70. The predicted octanol–water partition coefficient (Wildman–Crippen LogP) is 2.93. The van der Waals surface area contributed by atoms with E-state index in [-0.39, 0.29) is 62.9 Å². The largest absolute Gasteiger partial charge is 0.390 e. The summed E-state index contributed by atoms with van der Waals surface area (Å²) in [5, 5.41) is 32.2. The van der Waals surface area contributed by atoms with Gasteiger partial charge in [-0.2, -0.15) is 5.26 Å². The molecule has 25 nitrogen and oxygen atoms in total. The Morgan fingerprint density at radius 3 is 1.51 bits per heavy atom. The number of carbonyl (C=O) groups excluding carboxylic acids is 11. The number of rotatable bonds is 18. The summed E-state index contributed by atoms with van der Waals surface area (Å²) in [6.45, 7) is 26.8. The van der Waals surface area contributed by atoms with Gasteiger partial charge in [-0.15, -0.1) is 0 Å². The van der Waals surface area contributed by atoms with E-state index in [0.29, 0.717) is 6.42 Å². The maximum absolute atomic E-state index is 15.2. The Hall–Kier alpha value is -6.68. The highest BCUT2D eigenvalue weighted by Crippen LogP contribution is 2.26. The summed E-state index contributed by atoms with van der Waals surface area (Å²) in [5.41, 5.74) is 0. The molecule has 0 unspecified atom stereocenters. The zero-order valence-corrected chi connectivity index (χ0v) is 57.8. The number of nitrogens with zero attached hydrogens (tertiary/aromatic N) is 8. The Morgan fingerprint density at radius 1 is 0.551 bits per heavy atom. The molecule has 0 aromatic rings. The molecule has 1 rings (SSSR count). The van der Waals surface area contributed by atoms with Crippen LogP contribution in [0.5, 0.6) is 0 Å². The van der Waals surface area contributed by atoms with Gasteiger partial charge in [-0.05, 0) is 102 Å². The van der Waals surface area contributed by atoms with Gasteiger partial charge < -0.3 is 65.4 Å². The van der Waals surface area contributed by atoms with E-state index < -0.39 is 162 Å². The summed E-state index contributed by atoms with van der Waals surface area (Å²) in [4.78, 5) is 169. The first kappa shape index (κ1) is 80.3. The zero-order chi connectivity index (χ0) is 68.8. The molecule has 1 saturated heterocycles. The van der Waals surface area contributed by atoms with Crippen molar-refractivity contribution in [3.05, 3.63) is 12.2 Å². The van der Waals surface area contributed by atoms with Crippen molar-refractivity contribution < 1.29 is 62.6 Å². The Balaban J connectivity index is 4.39. The Labute approximate surface area is 531 Å². The predicted molar refractivity (Wildman–Crippen MR) is 339 cm³/mol. The van der Waals surface area contributed by atoms with Crippen molar-refractivity contribution in [3.8, 4) is 6.07 Å². The van der Waals surface area contributed by atoms with Gasteiger partial charge in [0.25, 0.3) is 0 Å². The van der Waals surface area contributed by atoms with Crippen molar-refractivity contribution in [3.63, 3.8) is 0 Å². The number of nitriles is 1. The fourth-order valence-corrected chi connectivity index (χ4v) is 11.0. The van der Waals surface area contributed by atoms with Crippen molar-refractivity contribution >= 4 is 65.0 Å². The first-order valence-electron chi connectivity index (χ1n) is 31.6. The number of likely N-dealkylation sites (N-methyl/N-ethyl adjacent to an activating group) is 7. The van der Waals surface area contributed by atoms with Crippen molar-refractivity contribution in [1.29, 1.82) is 5.26 Å². The number of aliphatic hydroxyl groups excluding tert-OH is 1. The zero-order valence-electron chi connectivity index (χ0n) is 57.8. The summed E-state index contributed by atoms with van der Waals surface area (Å²) in [6.07, 6.45) is 2.08. The summed E-state index contributed by atoms with van der Waals surface area (Å²) >= 11 is 0. The summed E-state index contributed by atoms with van der Waals surface area (Å²) in [5.74, 6) is -10.3. The Morgan fingerprint density at radius 2 is 1.02 bits per heavy atom. The van der Waals surface area contributed by atoms with E-state index in [1.807, 2.05) is 47.6 Å². The fraction of sp³-hybridized carbons (Fsp3) is 0.781. The highest BCUT2D eigenvalue weighted by molar-refractivity contribution is 5.99. The van der Waals surface area contributed by atoms with Crippen LogP contribution in [0.25, 0.3) is 0 Å². The molecule has 0 aliphatic carbocycles. The number of ether oxygens (including phenoxy) is 1. The molecule has 5 N–H and O–H groups in total. The second kappa shape index (κ2) is 37.5. The van der Waals surface area contributed by atoms with Crippen molar-refractivity contribution in [1.82, 2.24) is 55.6 Å². The molecule has 0 spiro atoms. The SMILES string of the molecule is CC=CC[C@@H](C)[C@@H](O)[C@@H]1C(=O)N[C@@H](CC)C(=O)N(C)CC(=O)N(C)[C@@H]([C@@H](C)OCCCC#N)C(=O)N[C@@H](C(C)C)C(=O)N(C)[C@@H](CC(C)C)C(=O)N[C@@H](C)C(=O)N[C@H](C)C(=O)N(C)[C@@H](CC(C)C)C(=O)N(C)[C@@H](CC(C)C)C(=O)N(C)[C@H](C(C)C)C(=O)N1C. The maximum Gasteiger partial charge on any atom is 0.246 e. The second-order valence-electron chi connectivity index (χ2n) is 26.2. The minimum absolute atomic E-state index is 0.0186. The number of allylic oxidation sites excluding steroid dienone is 2. The molecule has 1 fully saturated rings. The number of unbranched alkanes of at least 4 members (excludes halogenated alkanes) is 1. The van der Waals surface area contributed by atoms with Gasteiger partial charge in [-0.3, -0.25) is 52.7 Å². The lowest BCUT2D eigenvalue weighted by molar-refractivity contribution is -0.157. The van der Waals surface area contributed by atoms with Gasteiger partial charge in [0.15, 0.2) is 0 Å². The van der Waals surface area contributed by atoms with Gasteiger partial charge in [0, 0.05) is 62.4 Å². The summed E-state index contributed by atoms with van der Waals surface area (Å²) in [6, 6.07) is -11.0. The van der Waals surface area contributed by atoms with E-state index in [1.54, 1.807) is 67.5 Å². The summed E-state index contributed by atoms with van der Waals surface area (Å²) < 4.78 is 6.02. The smallest absolute Gasteiger partial charge is 0.246 e. The van der Waals surface area contributed by atoms with E-state index >= 15 is 9.59 Å². The van der Waals surface area contributed by atoms with E-state index in [1.165, 1.54) is 82.8 Å². The van der Waals surface area contributed by atoms with Gasteiger partial charge in [0.05, 0.1) is 24.8 Å². The lowest BCUT2D eigenvalue weighted by atomic mass is 9.91. The lowest BCUT2D eigenvalue weighted by Crippen LogP contribution is -2.63. The van der Waals surface area contributed by atoms with E-state index in [2.05, 4.69) is 21.3 Å². The molecule has 1 heterocycles. The van der Waals surface area contributed by atoms with Gasteiger partial charge in [0.2, 0.25) is 65.0 Å². The topological polar surface area (TPSA) is 312 Å². The van der Waals surface area contributed by atoms with Crippen molar-refractivity contribution in [2.45, 2.75) is 228 Å². The molecule has 0 radical (unpaired) electrons. The minimum atomic E-state index is -1.64. The van der Waals surface area contributed by atoms with Gasteiger partial charge >= 0.3 is 0 Å². The molecule has 13 atom stereocenters. The molecule has 0 aromatic heterocycles. The number of hydrogen-bond acceptors (Lipinski definition) is 14. The van der Waals surface area contributed by atoms with Crippen LogP contribution in [-0.4, -0.2) is 239 Å². The molecule has 89 heavy (non-hydrogen) atoms. The molecular weight excluding hydrogens is 1140 g/mol. The monoisotopic (exact) mass is 1260 g/mol. The first-order chi connectivity index (χ1) is 41.3. The molecule has 0 bridgehead atoms. The highest BCUT2D eigenvalue weighted by Gasteiger charge is 2.46. The minimum Gasteiger partial charge on any atom is -0.390 e. The van der Waals surface area contributed by atoms with Crippen molar-refractivity contribution in [2.75, 3.05) is 62.5 Å². The molecule has 1 aliphatic heterocycles. The van der Waals surface area contributed by atoms with Gasteiger partial charge in [-0.1, -0.05) is 95.2 Å². The molecule has 0 saturated carbocycles. The molecule has 506 valence electrons. The van der Waals surface area contributed by atoms with E-state index in [4.69, 9.17) is 4.74 Å². The van der Waals surface area contributed by atoms with Crippen LogP contribution >= 0.6 is 0 Å². The quantitative estimate of drug-likeness (QED) is 0.0974. The fourth-order valence-electron chi connectivity index (χ4n) is 11.0. The molecule has 0 aromatic carbocycles. The highest BCUT2D eigenvalue weighted by atomic mass is 16.5. The third-order valence-electron chi connectivity index (χ3n) is 16.6. The number of hydrogen-bond donors (Lipinski definition) is 5. The van der Waals surface area contributed by atoms with Crippen LogP contribution in [0.1, 0.15) is 156 Å². The van der Waals surface area contributed by atoms with Gasteiger partial charge in [-0.25, -0.2) is 0 Å². The lowest BCUT2D eigenvalue weighted by Gasteiger charge is -2.41. The third kappa shape index (κ3) is 22.9. The number of aliphatic hydroxyl groups is 1. The molecular formula is C64H112N12O13. The molecule has 11 amide bonds. The first-order valence-corrected chi connectivity index (χ1v) is 31.6. The molecule has 25 heteroatoms. The Bertz CT molecular complexity index is 2480. The van der Waals surface area contributed by atoms with Crippen LogP contribution in [0.3, 0.4) is 0 Å². The van der Waals surface area contributed by atoms with Crippen LogP contribution in [0.4, 0.5) is 0 Å². The normalized spacial score (nSPS) is 26.4. The number of nitrogens with one attached hydrogen (secondary N) is 4. The standard InChI is InChI=1S/C64H112N12O13/c1-24-26-29-41(13)54(78)53-58(82)68-45(25-2)60(84)70(17)35-49(77)74(21)52(44(16)89-31-28-27-30-65)57(81)69-50(39(9)10)63(87)71(18)46(32-36(3)4)56(80)66-42(14)55(79)67-43(15)59(83)72(19)47(33-37(5)6)61(85)73(20)48(34-38(7)8)62(86)75(22)51(40(11)12)64(88)76(53)23/h24,26,36-48,50-54,78H,25,27-29,31-35H2,1-23H3,(H,66,80)(H,67,79)(H,68,82)(H,69,81)/t41-,42+,43-,44-,45+,46+,47+,48+,50+,51-,52+,53-,54-/m1/s1. The maximum atomic E-state index is 15.2. The number of carbonyl (C=O) groups is 11. The van der Waals surface area contributed by atoms with Gasteiger partial charge in [0.1, 0.15) is 60.4 Å².